The average molecular weight is 377 g/mol. The van der Waals surface area contributed by atoms with Crippen LogP contribution < -0.4 is 0 Å². The maximum Gasteiger partial charge on any atom is 0.308 e. The van der Waals surface area contributed by atoms with Crippen LogP contribution in [0.1, 0.15) is 117 Å². The van der Waals surface area contributed by atoms with Crippen molar-refractivity contribution in [3.63, 3.8) is 0 Å². The predicted molar refractivity (Wildman–Crippen MR) is 113 cm³/mol. The number of ether oxygens (including phenoxy) is 1. The zero-order valence-electron chi connectivity index (χ0n) is 18.1. The summed E-state index contributed by atoms with van der Waals surface area (Å²) in [5.74, 6) is 3.12. The fraction of sp³-hybridized carbons (Fsp3) is 0.960. The van der Waals surface area contributed by atoms with Crippen molar-refractivity contribution in [1.29, 1.82) is 0 Å². The minimum atomic E-state index is 0.0914. The second-order valence-electron chi connectivity index (χ2n) is 10.0. The molecule has 156 valence electrons. The first-order chi connectivity index (χ1) is 13.2. The van der Waals surface area contributed by atoms with Crippen LogP contribution >= 0.6 is 0 Å². The summed E-state index contributed by atoms with van der Waals surface area (Å²) < 4.78 is 5.45. The van der Waals surface area contributed by atoms with Crippen LogP contribution in [0.2, 0.25) is 0 Å². The summed E-state index contributed by atoms with van der Waals surface area (Å²) >= 11 is 0. The molecule has 3 aliphatic rings. The molecule has 3 saturated carbocycles. The van der Waals surface area contributed by atoms with Crippen LogP contribution in [-0.4, -0.2) is 12.6 Å². The molecule has 3 aliphatic carbocycles. The molecular weight excluding hydrogens is 332 g/mol. The molecule has 27 heavy (non-hydrogen) atoms. The first-order valence-corrected chi connectivity index (χ1v) is 12.4. The monoisotopic (exact) mass is 376 g/mol. The third-order valence-electron chi connectivity index (χ3n) is 8.47. The Hall–Kier alpha value is -0.530. The van der Waals surface area contributed by atoms with E-state index in [1.54, 1.807) is 0 Å². The normalized spacial score (nSPS) is 35.7. The highest BCUT2D eigenvalue weighted by molar-refractivity contribution is 5.72. The lowest BCUT2D eigenvalue weighted by molar-refractivity contribution is -0.151. The lowest BCUT2D eigenvalue weighted by atomic mass is 9.52. The molecule has 0 N–H and O–H groups in total. The van der Waals surface area contributed by atoms with Crippen molar-refractivity contribution in [2.45, 2.75) is 117 Å². The van der Waals surface area contributed by atoms with Gasteiger partial charge in [0.2, 0.25) is 0 Å². The Morgan fingerprint density at radius 3 is 2.04 bits per heavy atom. The van der Waals surface area contributed by atoms with Gasteiger partial charge in [-0.25, -0.2) is 0 Å². The number of esters is 1. The van der Waals surface area contributed by atoms with Crippen molar-refractivity contribution in [1.82, 2.24) is 0 Å². The molecule has 3 fully saturated rings. The number of carbonyl (C=O) groups excluding carboxylic acids is 1. The third-order valence-corrected chi connectivity index (χ3v) is 8.47. The van der Waals surface area contributed by atoms with Gasteiger partial charge in [0.15, 0.2) is 0 Å². The van der Waals surface area contributed by atoms with Gasteiger partial charge in [-0.05, 0) is 93.8 Å². The van der Waals surface area contributed by atoms with E-state index in [0.717, 1.165) is 37.0 Å². The number of hydrogen-bond donors (Lipinski definition) is 0. The molecular formula is C25H44O2. The van der Waals surface area contributed by atoms with Gasteiger partial charge in [-0.3, -0.25) is 4.79 Å². The van der Waals surface area contributed by atoms with E-state index in [9.17, 15) is 4.79 Å². The highest BCUT2D eigenvalue weighted by Gasteiger charge is 2.48. The van der Waals surface area contributed by atoms with E-state index in [2.05, 4.69) is 13.8 Å². The van der Waals surface area contributed by atoms with Crippen LogP contribution in [0.5, 0.6) is 0 Å². The number of hydrogen-bond acceptors (Lipinski definition) is 2. The largest absolute Gasteiger partial charge is 0.465 e. The second-order valence-corrected chi connectivity index (χ2v) is 10.0. The van der Waals surface area contributed by atoms with Crippen molar-refractivity contribution in [2.75, 3.05) is 6.61 Å². The van der Waals surface area contributed by atoms with E-state index in [1.807, 2.05) is 0 Å². The lowest BCUT2D eigenvalue weighted by Gasteiger charge is -2.53. The summed E-state index contributed by atoms with van der Waals surface area (Å²) in [6.07, 6.45) is 21.7. The highest BCUT2D eigenvalue weighted by Crippen LogP contribution is 2.58. The van der Waals surface area contributed by atoms with Crippen molar-refractivity contribution < 1.29 is 9.53 Å². The van der Waals surface area contributed by atoms with Crippen LogP contribution in [0.25, 0.3) is 0 Å². The minimum Gasteiger partial charge on any atom is -0.465 e. The molecule has 0 radical (unpaired) electrons. The Bertz CT molecular complexity index is 435. The van der Waals surface area contributed by atoms with E-state index < -0.39 is 0 Å². The van der Waals surface area contributed by atoms with Crippen molar-refractivity contribution in [3.8, 4) is 0 Å². The summed E-state index contributed by atoms with van der Waals surface area (Å²) in [5, 5.41) is 0. The third kappa shape index (κ3) is 5.10. The minimum absolute atomic E-state index is 0.0914. The van der Waals surface area contributed by atoms with Gasteiger partial charge in [0, 0.05) is 0 Å². The Kier molecular flexibility index (Phi) is 8.09. The van der Waals surface area contributed by atoms with Crippen LogP contribution in [-0.2, 0) is 9.53 Å². The van der Waals surface area contributed by atoms with Gasteiger partial charge in [0.05, 0.1) is 12.5 Å². The van der Waals surface area contributed by atoms with E-state index in [4.69, 9.17) is 4.74 Å². The van der Waals surface area contributed by atoms with Gasteiger partial charge in [-0.15, -0.1) is 0 Å². The zero-order chi connectivity index (χ0) is 19.1. The molecule has 0 heterocycles. The topological polar surface area (TPSA) is 26.3 Å². The van der Waals surface area contributed by atoms with Gasteiger partial charge >= 0.3 is 5.97 Å². The standard InChI is InChI=1S/C25H44O2/c1-3-8-20-15-17-25(18-16-20,22-9-6-5-7-10-22)23-13-11-21(12-14-23)24(26)27-19-4-2/h20-23H,3-19H2,1-2H3/t20-,21?,23?,25+. The summed E-state index contributed by atoms with van der Waals surface area (Å²) in [4.78, 5) is 12.3. The number of rotatable bonds is 7. The zero-order valence-corrected chi connectivity index (χ0v) is 18.1. The van der Waals surface area contributed by atoms with Gasteiger partial charge < -0.3 is 4.74 Å². The second kappa shape index (κ2) is 10.3. The van der Waals surface area contributed by atoms with Crippen LogP contribution in [0.4, 0.5) is 0 Å². The first-order valence-electron chi connectivity index (χ1n) is 12.4. The maximum absolute atomic E-state index is 12.3. The van der Waals surface area contributed by atoms with Crippen LogP contribution in [0, 0.1) is 29.1 Å². The van der Waals surface area contributed by atoms with E-state index in [1.165, 1.54) is 83.5 Å². The summed E-state index contributed by atoms with van der Waals surface area (Å²) in [5.41, 5.74) is 0.614. The van der Waals surface area contributed by atoms with Crippen LogP contribution in [0.3, 0.4) is 0 Å². The van der Waals surface area contributed by atoms with Gasteiger partial charge in [-0.1, -0.05) is 46.0 Å². The smallest absolute Gasteiger partial charge is 0.308 e. The maximum atomic E-state index is 12.3. The lowest BCUT2D eigenvalue weighted by Crippen LogP contribution is -2.44. The quantitative estimate of drug-likeness (QED) is 0.436. The molecule has 2 heteroatoms. The van der Waals surface area contributed by atoms with Gasteiger partial charge in [-0.2, -0.15) is 0 Å². The summed E-state index contributed by atoms with van der Waals surface area (Å²) in [6.45, 7) is 5.03. The van der Waals surface area contributed by atoms with Gasteiger partial charge in [0.25, 0.3) is 0 Å². The molecule has 0 amide bonds. The van der Waals surface area contributed by atoms with Crippen molar-refractivity contribution in [3.05, 3.63) is 0 Å². The number of carbonyl (C=O) groups is 1. The van der Waals surface area contributed by atoms with Crippen molar-refractivity contribution >= 4 is 5.97 Å². The Labute approximate surface area is 168 Å². The average Bonchev–Trinajstić information content (AvgIpc) is 2.74. The molecule has 0 aromatic carbocycles. The van der Waals surface area contributed by atoms with Crippen LogP contribution in [0.15, 0.2) is 0 Å². The molecule has 0 bridgehead atoms. The molecule has 0 aromatic heterocycles. The SMILES string of the molecule is CCCOC(=O)C1CCC([C@]2(C3CCCCC3)CC[C@H](CCC)CC2)CC1. The Balaban J connectivity index is 1.63. The fourth-order valence-corrected chi connectivity index (χ4v) is 6.96. The molecule has 0 spiro atoms. The highest BCUT2D eigenvalue weighted by atomic mass is 16.5. The molecule has 0 unspecified atom stereocenters. The Morgan fingerprint density at radius 1 is 0.815 bits per heavy atom. The summed E-state index contributed by atoms with van der Waals surface area (Å²) in [6, 6.07) is 0. The molecule has 0 aromatic rings. The molecule has 2 nitrogen and oxygen atoms in total. The fourth-order valence-electron chi connectivity index (χ4n) is 6.96. The van der Waals surface area contributed by atoms with E-state index >= 15 is 0 Å². The van der Waals surface area contributed by atoms with Gasteiger partial charge in [0.1, 0.15) is 0 Å². The first kappa shape index (κ1) is 21.2. The van der Waals surface area contributed by atoms with E-state index in [-0.39, 0.29) is 11.9 Å². The molecule has 0 saturated heterocycles. The molecule has 0 aliphatic heterocycles. The Morgan fingerprint density at radius 2 is 1.44 bits per heavy atom. The molecule has 0 atom stereocenters. The molecule has 3 rings (SSSR count). The predicted octanol–water partition coefficient (Wildman–Crippen LogP) is 7.30. The summed E-state index contributed by atoms with van der Waals surface area (Å²) in [7, 11) is 0. The van der Waals surface area contributed by atoms with E-state index in [0.29, 0.717) is 12.0 Å². The van der Waals surface area contributed by atoms with Crippen molar-refractivity contribution in [2.24, 2.45) is 29.1 Å².